The van der Waals surface area contributed by atoms with Gasteiger partial charge in [0.2, 0.25) is 5.91 Å². The highest BCUT2D eigenvalue weighted by Gasteiger charge is 2.18. The second kappa shape index (κ2) is 10.7. The molecule has 1 amide bonds. The Balaban J connectivity index is 1.65. The molecule has 1 heterocycles. The summed E-state index contributed by atoms with van der Waals surface area (Å²) >= 11 is 6.29. The van der Waals surface area contributed by atoms with Crippen LogP contribution in [0.2, 0.25) is 5.02 Å². The van der Waals surface area contributed by atoms with Crippen molar-refractivity contribution in [3.63, 3.8) is 0 Å². The second-order valence-corrected chi connectivity index (χ2v) is 7.53. The van der Waals surface area contributed by atoms with E-state index in [9.17, 15) is 4.79 Å². The number of amides is 1. The topological polar surface area (TPSA) is 65.8 Å². The van der Waals surface area contributed by atoms with E-state index in [-0.39, 0.29) is 5.91 Å². The Bertz CT molecular complexity index is 983. The van der Waals surface area contributed by atoms with Crippen LogP contribution in [0, 0.1) is 11.3 Å². The number of nitriles is 1. The van der Waals surface area contributed by atoms with E-state index in [0.29, 0.717) is 41.8 Å². The number of carbonyl (C=O) groups is 1. The summed E-state index contributed by atoms with van der Waals surface area (Å²) in [4.78, 5) is 16.9. The number of nitrogens with zero attached hydrogens (tertiary/aromatic N) is 3. The van der Waals surface area contributed by atoms with Crippen LogP contribution in [-0.2, 0) is 4.79 Å². The highest BCUT2D eigenvalue weighted by atomic mass is 35.5. The molecule has 0 bridgehead atoms. The van der Waals surface area contributed by atoms with Crippen LogP contribution in [0.3, 0.4) is 0 Å². The van der Waals surface area contributed by atoms with Gasteiger partial charge in [0.1, 0.15) is 0 Å². The fourth-order valence-corrected chi connectivity index (χ4v) is 3.86. The number of ether oxygens (including phenoxy) is 2. The molecule has 0 radical (unpaired) electrons. The smallest absolute Gasteiger partial charge is 0.246 e. The highest BCUT2D eigenvalue weighted by molar-refractivity contribution is 6.32. The van der Waals surface area contributed by atoms with E-state index in [0.717, 1.165) is 30.8 Å². The molecule has 0 atom stereocenters. The van der Waals surface area contributed by atoms with Crippen LogP contribution in [0.15, 0.2) is 42.5 Å². The Morgan fingerprint density at radius 1 is 1.19 bits per heavy atom. The molecule has 1 aliphatic rings. The predicted molar refractivity (Wildman–Crippen MR) is 123 cm³/mol. The van der Waals surface area contributed by atoms with Crippen molar-refractivity contribution in [2.75, 3.05) is 44.8 Å². The van der Waals surface area contributed by atoms with Crippen LogP contribution < -0.4 is 14.4 Å². The summed E-state index contributed by atoms with van der Waals surface area (Å²) in [6.07, 6.45) is 4.20. The third-order valence-corrected chi connectivity index (χ3v) is 5.40. The average molecular weight is 440 g/mol. The number of hydrogen-bond donors (Lipinski definition) is 0. The molecule has 0 saturated carbocycles. The molecule has 1 fully saturated rings. The minimum atomic E-state index is -0.0356. The molecule has 1 aliphatic heterocycles. The Morgan fingerprint density at radius 3 is 2.65 bits per heavy atom. The van der Waals surface area contributed by atoms with Gasteiger partial charge < -0.3 is 19.3 Å². The van der Waals surface area contributed by atoms with E-state index in [4.69, 9.17) is 26.3 Å². The Morgan fingerprint density at radius 2 is 1.97 bits per heavy atom. The third-order valence-electron chi connectivity index (χ3n) is 5.12. The molecule has 0 aliphatic carbocycles. The van der Waals surface area contributed by atoms with E-state index in [1.807, 2.05) is 42.2 Å². The molecule has 0 unspecified atom stereocenters. The first kappa shape index (κ1) is 22.5. The second-order valence-electron chi connectivity index (χ2n) is 7.13. The molecule has 162 valence electrons. The van der Waals surface area contributed by atoms with Crippen molar-refractivity contribution in [1.29, 1.82) is 5.26 Å². The zero-order chi connectivity index (χ0) is 22.2. The SMILES string of the molecule is CCOc1cc(/C=C/C(=O)N2CCCN(c3ccc(C#N)cc3)CC2)cc(Cl)c1OC. The van der Waals surface area contributed by atoms with Gasteiger partial charge in [-0.1, -0.05) is 11.6 Å². The molecule has 1 saturated heterocycles. The quantitative estimate of drug-likeness (QED) is 0.625. The van der Waals surface area contributed by atoms with Crippen molar-refractivity contribution < 1.29 is 14.3 Å². The fourth-order valence-electron chi connectivity index (χ4n) is 3.56. The maximum absolute atomic E-state index is 12.8. The first-order valence-corrected chi connectivity index (χ1v) is 10.7. The normalized spacial score (nSPS) is 14.3. The minimum absolute atomic E-state index is 0.0356. The van der Waals surface area contributed by atoms with Crippen molar-refractivity contribution in [3.05, 3.63) is 58.6 Å². The number of halogens is 1. The summed E-state index contributed by atoms with van der Waals surface area (Å²) in [6.45, 7) is 5.32. The number of benzene rings is 2. The number of carbonyl (C=O) groups excluding carboxylic acids is 1. The molecule has 0 aromatic heterocycles. The lowest BCUT2D eigenvalue weighted by Crippen LogP contribution is -2.34. The summed E-state index contributed by atoms with van der Waals surface area (Å²) in [5.41, 5.74) is 2.49. The van der Waals surface area contributed by atoms with Crippen LogP contribution in [0.5, 0.6) is 11.5 Å². The zero-order valence-corrected chi connectivity index (χ0v) is 18.6. The van der Waals surface area contributed by atoms with Gasteiger partial charge in [-0.3, -0.25) is 4.79 Å². The lowest BCUT2D eigenvalue weighted by atomic mass is 10.1. The molecule has 7 heteroatoms. The van der Waals surface area contributed by atoms with Gasteiger partial charge in [-0.25, -0.2) is 0 Å². The van der Waals surface area contributed by atoms with Crippen molar-refractivity contribution in [1.82, 2.24) is 4.90 Å². The molecular formula is C24H26ClN3O3. The lowest BCUT2D eigenvalue weighted by Gasteiger charge is -2.23. The lowest BCUT2D eigenvalue weighted by molar-refractivity contribution is -0.125. The van der Waals surface area contributed by atoms with Crippen LogP contribution in [0.4, 0.5) is 5.69 Å². The first-order valence-electron chi connectivity index (χ1n) is 10.3. The van der Waals surface area contributed by atoms with Gasteiger partial charge in [0.05, 0.1) is 30.4 Å². The number of hydrogen-bond acceptors (Lipinski definition) is 5. The summed E-state index contributed by atoms with van der Waals surface area (Å²) in [6, 6.07) is 13.3. The van der Waals surface area contributed by atoms with Crippen molar-refractivity contribution >= 4 is 29.3 Å². The monoisotopic (exact) mass is 439 g/mol. The highest BCUT2D eigenvalue weighted by Crippen LogP contribution is 2.36. The molecule has 3 rings (SSSR count). The molecule has 0 spiro atoms. The Kier molecular flexibility index (Phi) is 7.80. The summed E-state index contributed by atoms with van der Waals surface area (Å²) in [7, 11) is 1.54. The van der Waals surface area contributed by atoms with Gasteiger partial charge in [-0.15, -0.1) is 0 Å². The maximum atomic E-state index is 12.8. The van der Waals surface area contributed by atoms with Gasteiger partial charge in [0.25, 0.3) is 0 Å². The number of rotatable bonds is 6. The molecule has 31 heavy (non-hydrogen) atoms. The maximum Gasteiger partial charge on any atom is 0.246 e. The van der Waals surface area contributed by atoms with E-state index in [1.165, 1.54) is 0 Å². The van der Waals surface area contributed by atoms with Gasteiger partial charge in [-0.05, 0) is 61.4 Å². The largest absolute Gasteiger partial charge is 0.491 e. The Hall–Kier alpha value is -3.17. The van der Waals surface area contributed by atoms with Crippen LogP contribution in [0.1, 0.15) is 24.5 Å². The van der Waals surface area contributed by atoms with E-state index in [1.54, 1.807) is 25.3 Å². The minimum Gasteiger partial charge on any atom is -0.491 e. The molecule has 2 aromatic carbocycles. The van der Waals surface area contributed by atoms with E-state index < -0.39 is 0 Å². The van der Waals surface area contributed by atoms with Crippen molar-refractivity contribution in [2.24, 2.45) is 0 Å². The van der Waals surface area contributed by atoms with Gasteiger partial charge in [-0.2, -0.15) is 5.26 Å². The molecule has 2 aromatic rings. The summed E-state index contributed by atoms with van der Waals surface area (Å²) < 4.78 is 10.9. The van der Waals surface area contributed by atoms with Gasteiger partial charge in [0, 0.05) is 37.9 Å². The Labute approximate surface area is 188 Å². The molecule has 6 nitrogen and oxygen atoms in total. The van der Waals surface area contributed by atoms with Crippen LogP contribution in [-0.4, -0.2) is 50.7 Å². The van der Waals surface area contributed by atoms with E-state index >= 15 is 0 Å². The fraction of sp³-hybridized carbons (Fsp3) is 0.333. The molecular weight excluding hydrogens is 414 g/mol. The van der Waals surface area contributed by atoms with E-state index in [2.05, 4.69) is 11.0 Å². The van der Waals surface area contributed by atoms with Gasteiger partial charge in [0.15, 0.2) is 11.5 Å². The van der Waals surface area contributed by atoms with Crippen LogP contribution >= 0.6 is 11.6 Å². The predicted octanol–water partition coefficient (Wildman–Crippen LogP) is 4.37. The van der Waals surface area contributed by atoms with Crippen molar-refractivity contribution in [2.45, 2.75) is 13.3 Å². The summed E-state index contributed by atoms with van der Waals surface area (Å²) in [5.74, 6) is 1.01. The molecule has 0 N–H and O–H groups in total. The number of methoxy groups -OCH3 is 1. The average Bonchev–Trinajstić information content (AvgIpc) is 3.04. The summed E-state index contributed by atoms with van der Waals surface area (Å²) in [5, 5.41) is 9.40. The van der Waals surface area contributed by atoms with Gasteiger partial charge >= 0.3 is 0 Å². The first-order chi connectivity index (χ1) is 15.0. The standard InChI is InChI=1S/C24H26ClN3O3/c1-3-31-22-16-19(15-21(25)24(22)30-2)7-10-23(29)28-12-4-11-27(13-14-28)20-8-5-18(17-26)6-9-20/h5-10,15-16H,3-4,11-14H2,1-2H3/b10-7+. The number of anilines is 1. The van der Waals surface area contributed by atoms with Crippen molar-refractivity contribution in [3.8, 4) is 17.6 Å². The van der Waals surface area contributed by atoms with Crippen LogP contribution in [0.25, 0.3) is 6.08 Å². The third kappa shape index (κ3) is 5.71. The zero-order valence-electron chi connectivity index (χ0n) is 17.8.